The number of halogens is 2. The Morgan fingerprint density at radius 1 is 0.958 bits per heavy atom. The van der Waals surface area contributed by atoms with Gasteiger partial charge in [-0.25, -0.2) is 14.4 Å². The molecule has 1 heterocycles. The number of aromatic hydroxyl groups is 1. The molecule has 130 valence electrons. The first-order valence-electron chi connectivity index (χ1n) is 8.25. The van der Waals surface area contributed by atoms with Gasteiger partial charge in [0.15, 0.2) is 23.1 Å². The highest BCUT2D eigenvalue weighted by Gasteiger charge is 2.17. The molecule has 0 aliphatic heterocycles. The minimum Gasteiger partial charge on any atom is -0.505 e. The summed E-state index contributed by atoms with van der Waals surface area (Å²) in [4.78, 5) is 7.56. The lowest BCUT2D eigenvalue weighted by atomic mass is 10.1. The van der Waals surface area contributed by atoms with Gasteiger partial charge < -0.3 is 9.84 Å². The molecule has 0 unspecified atom stereocenters. The van der Waals surface area contributed by atoms with Crippen molar-refractivity contribution < 1.29 is 18.6 Å². The van der Waals surface area contributed by atoms with Gasteiger partial charge in [-0.2, -0.15) is 4.39 Å². The molecule has 1 N–H and O–H groups in total. The Balaban J connectivity index is 1.93. The van der Waals surface area contributed by atoms with Crippen LogP contribution in [0.3, 0.4) is 0 Å². The lowest BCUT2D eigenvalue weighted by Crippen LogP contribution is -2.02. The summed E-state index contributed by atoms with van der Waals surface area (Å²) in [5.74, 6) is -2.34. The molecule has 6 heteroatoms. The van der Waals surface area contributed by atoms with Crippen molar-refractivity contribution in [3.8, 4) is 22.9 Å². The Hall–Kier alpha value is -2.24. The molecular weight excluding hydrogens is 314 g/mol. The summed E-state index contributed by atoms with van der Waals surface area (Å²) in [5, 5.41) is 9.15. The maximum absolute atomic E-state index is 14.2. The van der Waals surface area contributed by atoms with Gasteiger partial charge in [0.1, 0.15) is 0 Å². The molecule has 4 nitrogen and oxygen atoms in total. The predicted molar refractivity (Wildman–Crippen MR) is 87.9 cm³/mol. The quantitative estimate of drug-likeness (QED) is 0.664. The molecule has 0 radical (unpaired) electrons. The SMILES string of the molecule is CCCCCCCCOc1ccc(-c2ncc(O)cn2)c(F)c1F. The molecule has 2 rings (SSSR count). The summed E-state index contributed by atoms with van der Waals surface area (Å²) >= 11 is 0. The van der Waals surface area contributed by atoms with Gasteiger partial charge in [0.05, 0.1) is 24.6 Å². The molecule has 0 aliphatic rings. The summed E-state index contributed by atoms with van der Waals surface area (Å²) in [5.41, 5.74) is -0.0700. The van der Waals surface area contributed by atoms with E-state index in [9.17, 15) is 8.78 Å². The maximum Gasteiger partial charge on any atom is 0.201 e. The Bertz CT molecular complexity index is 648. The number of hydrogen-bond acceptors (Lipinski definition) is 4. The van der Waals surface area contributed by atoms with E-state index in [-0.39, 0.29) is 22.9 Å². The predicted octanol–water partition coefficient (Wildman–Crippen LogP) is 4.87. The van der Waals surface area contributed by atoms with Crippen molar-refractivity contribution in [2.75, 3.05) is 6.61 Å². The van der Waals surface area contributed by atoms with Crippen molar-refractivity contribution in [3.05, 3.63) is 36.2 Å². The number of aromatic nitrogens is 2. The zero-order valence-electron chi connectivity index (χ0n) is 13.8. The van der Waals surface area contributed by atoms with Gasteiger partial charge in [-0.3, -0.25) is 0 Å². The first-order valence-corrected chi connectivity index (χ1v) is 8.25. The Labute approximate surface area is 140 Å². The number of hydrogen-bond donors (Lipinski definition) is 1. The summed E-state index contributed by atoms with van der Waals surface area (Å²) < 4.78 is 33.6. The summed E-state index contributed by atoms with van der Waals surface area (Å²) in [6.45, 7) is 2.52. The second-order valence-electron chi connectivity index (χ2n) is 5.62. The van der Waals surface area contributed by atoms with Crippen molar-refractivity contribution in [3.63, 3.8) is 0 Å². The van der Waals surface area contributed by atoms with E-state index in [2.05, 4.69) is 16.9 Å². The Morgan fingerprint density at radius 3 is 2.33 bits per heavy atom. The highest BCUT2D eigenvalue weighted by molar-refractivity contribution is 5.57. The van der Waals surface area contributed by atoms with E-state index in [1.165, 1.54) is 31.4 Å². The Morgan fingerprint density at radius 2 is 1.62 bits per heavy atom. The Kier molecular flexibility index (Phi) is 6.90. The summed E-state index contributed by atoms with van der Waals surface area (Å²) in [6.07, 6.45) is 8.83. The van der Waals surface area contributed by atoms with E-state index in [1.54, 1.807) is 0 Å². The number of benzene rings is 1. The fourth-order valence-corrected chi connectivity index (χ4v) is 2.34. The smallest absolute Gasteiger partial charge is 0.201 e. The van der Waals surface area contributed by atoms with E-state index in [4.69, 9.17) is 9.84 Å². The van der Waals surface area contributed by atoms with Crippen molar-refractivity contribution in [2.45, 2.75) is 45.4 Å². The van der Waals surface area contributed by atoms with Gasteiger partial charge in [-0.15, -0.1) is 0 Å². The molecule has 0 saturated heterocycles. The largest absolute Gasteiger partial charge is 0.505 e. The molecule has 0 fully saturated rings. The van der Waals surface area contributed by atoms with Gasteiger partial charge in [-0.05, 0) is 18.6 Å². The zero-order chi connectivity index (χ0) is 17.4. The molecule has 24 heavy (non-hydrogen) atoms. The number of ether oxygens (including phenoxy) is 1. The third-order valence-corrected chi connectivity index (χ3v) is 3.68. The van der Waals surface area contributed by atoms with Crippen molar-refractivity contribution in [1.29, 1.82) is 0 Å². The second-order valence-corrected chi connectivity index (χ2v) is 5.62. The maximum atomic E-state index is 14.2. The molecule has 1 aromatic carbocycles. The highest BCUT2D eigenvalue weighted by Crippen LogP contribution is 2.28. The van der Waals surface area contributed by atoms with Crippen LogP contribution in [0.25, 0.3) is 11.4 Å². The summed E-state index contributed by atoms with van der Waals surface area (Å²) in [7, 11) is 0. The van der Waals surface area contributed by atoms with E-state index < -0.39 is 11.6 Å². The topological polar surface area (TPSA) is 55.2 Å². The van der Waals surface area contributed by atoms with Crippen LogP contribution in [0.5, 0.6) is 11.5 Å². The molecule has 0 aliphatic carbocycles. The van der Waals surface area contributed by atoms with Crippen molar-refractivity contribution in [2.24, 2.45) is 0 Å². The highest BCUT2D eigenvalue weighted by atomic mass is 19.2. The van der Waals surface area contributed by atoms with Crippen LogP contribution in [-0.2, 0) is 0 Å². The first-order chi connectivity index (χ1) is 11.6. The molecular formula is C18H22F2N2O2. The van der Waals surface area contributed by atoms with Gasteiger partial charge in [0, 0.05) is 0 Å². The van der Waals surface area contributed by atoms with Crippen LogP contribution in [0.4, 0.5) is 8.78 Å². The molecule has 0 spiro atoms. The van der Waals surface area contributed by atoms with E-state index in [1.807, 2.05) is 0 Å². The molecule has 2 aromatic rings. The van der Waals surface area contributed by atoms with Crippen LogP contribution < -0.4 is 4.74 Å². The lowest BCUT2D eigenvalue weighted by molar-refractivity contribution is 0.285. The lowest BCUT2D eigenvalue weighted by Gasteiger charge is -2.10. The normalized spacial score (nSPS) is 10.8. The fourth-order valence-electron chi connectivity index (χ4n) is 2.34. The standard InChI is InChI=1S/C18H22F2N2O2/c1-2-3-4-5-6-7-10-24-15-9-8-14(16(19)17(15)20)18-21-11-13(23)12-22-18/h8-9,11-12,23H,2-7,10H2,1H3. The van der Waals surface area contributed by atoms with E-state index in [0.29, 0.717) is 6.61 Å². The first kappa shape index (κ1) is 18.1. The number of rotatable bonds is 9. The van der Waals surface area contributed by atoms with Gasteiger partial charge >= 0.3 is 0 Å². The van der Waals surface area contributed by atoms with Gasteiger partial charge in [0.2, 0.25) is 5.82 Å². The van der Waals surface area contributed by atoms with Crippen LogP contribution in [0.15, 0.2) is 24.5 Å². The molecule has 1 aromatic heterocycles. The van der Waals surface area contributed by atoms with Crippen molar-refractivity contribution in [1.82, 2.24) is 9.97 Å². The van der Waals surface area contributed by atoms with Crippen LogP contribution in [-0.4, -0.2) is 21.7 Å². The minimum atomic E-state index is -1.05. The van der Waals surface area contributed by atoms with E-state index in [0.717, 1.165) is 31.7 Å². The van der Waals surface area contributed by atoms with Gasteiger partial charge in [0.25, 0.3) is 0 Å². The van der Waals surface area contributed by atoms with Crippen LogP contribution >= 0.6 is 0 Å². The molecule has 0 atom stereocenters. The molecule has 0 bridgehead atoms. The third kappa shape index (κ3) is 4.88. The average molecular weight is 336 g/mol. The summed E-state index contributed by atoms with van der Waals surface area (Å²) in [6, 6.07) is 2.75. The average Bonchev–Trinajstić information content (AvgIpc) is 2.59. The van der Waals surface area contributed by atoms with Crippen LogP contribution in [0.2, 0.25) is 0 Å². The van der Waals surface area contributed by atoms with Crippen molar-refractivity contribution >= 4 is 0 Å². The third-order valence-electron chi connectivity index (χ3n) is 3.68. The second kappa shape index (κ2) is 9.15. The monoisotopic (exact) mass is 336 g/mol. The van der Waals surface area contributed by atoms with E-state index >= 15 is 0 Å². The zero-order valence-corrected chi connectivity index (χ0v) is 13.8. The minimum absolute atomic E-state index is 0.00618. The van der Waals surface area contributed by atoms with Crippen LogP contribution in [0.1, 0.15) is 45.4 Å². The molecule has 0 saturated carbocycles. The number of unbranched alkanes of at least 4 members (excludes halogenated alkanes) is 5. The fraction of sp³-hybridized carbons (Fsp3) is 0.444. The number of nitrogens with zero attached hydrogens (tertiary/aromatic N) is 2. The van der Waals surface area contributed by atoms with Crippen LogP contribution in [0, 0.1) is 11.6 Å². The van der Waals surface area contributed by atoms with Gasteiger partial charge in [-0.1, -0.05) is 39.0 Å². The molecule has 0 amide bonds.